The molecule has 0 radical (unpaired) electrons. The second kappa shape index (κ2) is 9.04. The second-order valence-electron chi connectivity index (χ2n) is 5.23. The fourth-order valence-corrected chi connectivity index (χ4v) is 1.78. The molecule has 2 N–H and O–H groups in total. The number of carbonyl (C=O) groups is 2. The molecule has 0 saturated carbocycles. The van der Waals surface area contributed by atoms with Crippen molar-refractivity contribution >= 4 is 17.6 Å². The third-order valence-corrected chi connectivity index (χ3v) is 2.83. The highest BCUT2D eigenvalue weighted by atomic mass is 16.5. The minimum Gasteiger partial charge on any atom is -0.482 e. The molecule has 1 aromatic carbocycles. The molecule has 1 aromatic rings. The van der Waals surface area contributed by atoms with E-state index in [1.54, 1.807) is 18.2 Å². The van der Waals surface area contributed by atoms with Gasteiger partial charge in [0.25, 0.3) is 0 Å². The molecule has 0 aromatic heterocycles. The molecule has 22 heavy (non-hydrogen) atoms. The van der Waals surface area contributed by atoms with Crippen molar-refractivity contribution in [1.29, 1.82) is 0 Å². The van der Waals surface area contributed by atoms with Crippen LogP contribution in [0, 0.1) is 6.92 Å². The fraction of sp³-hybridized carbons (Fsp3) is 0.500. The Balaban J connectivity index is 2.45. The average molecular weight is 309 g/mol. The summed E-state index contributed by atoms with van der Waals surface area (Å²) in [7, 11) is 0. The summed E-state index contributed by atoms with van der Waals surface area (Å²) < 4.78 is 10.5. The highest BCUT2D eigenvalue weighted by Gasteiger charge is 2.07. The van der Waals surface area contributed by atoms with Gasteiger partial charge in [-0.25, -0.2) is 4.79 Å². The summed E-state index contributed by atoms with van der Waals surface area (Å²) in [6.45, 7) is 5.91. The van der Waals surface area contributed by atoms with E-state index in [1.165, 1.54) is 0 Å². The predicted molar refractivity (Wildman–Crippen MR) is 83.3 cm³/mol. The number of nitrogens with one attached hydrogen (secondary N) is 1. The molecule has 0 aliphatic heterocycles. The van der Waals surface area contributed by atoms with E-state index in [0.717, 1.165) is 5.56 Å². The lowest BCUT2D eigenvalue weighted by Gasteiger charge is -2.11. The van der Waals surface area contributed by atoms with Crippen LogP contribution in [0.25, 0.3) is 0 Å². The van der Waals surface area contributed by atoms with E-state index in [9.17, 15) is 9.59 Å². The average Bonchev–Trinajstić information content (AvgIpc) is 2.44. The number of benzene rings is 1. The zero-order valence-electron chi connectivity index (χ0n) is 13.2. The molecule has 0 unspecified atom stereocenters. The number of carboxylic acids is 1. The van der Waals surface area contributed by atoms with Gasteiger partial charge >= 0.3 is 5.97 Å². The number of amides is 1. The van der Waals surface area contributed by atoms with Crippen molar-refractivity contribution in [2.75, 3.05) is 18.5 Å². The zero-order valence-corrected chi connectivity index (χ0v) is 13.2. The first kappa shape index (κ1) is 18.0. The largest absolute Gasteiger partial charge is 0.482 e. The Morgan fingerprint density at radius 3 is 2.64 bits per heavy atom. The van der Waals surface area contributed by atoms with Gasteiger partial charge in [-0.3, -0.25) is 4.79 Å². The maximum Gasteiger partial charge on any atom is 0.341 e. The maximum absolute atomic E-state index is 11.8. The fourth-order valence-electron chi connectivity index (χ4n) is 1.78. The molecule has 0 aliphatic carbocycles. The Kier molecular flexibility index (Phi) is 7.39. The number of anilines is 1. The smallest absolute Gasteiger partial charge is 0.341 e. The van der Waals surface area contributed by atoms with E-state index in [-0.39, 0.29) is 18.6 Å². The lowest BCUT2D eigenvalue weighted by molar-refractivity contribution is -0.139. The minimum atomic E-state index is -1.03. The van der Waals surface area contributed by atoms with Crippen molar-refractivity contribution in [3.63, 3.8) is 0 Å². The van der Waals surface area contributed by atoms with Gasteiger partial charge in [-0.15, -0.1) is 0 Å². The Morgan fingerprint density at radius 2 is 2.05 bits per heavy atom. The van der Waals surface area contributed by atoms with Gasteiger partial charge in [0.2, 0.25) is 5.91 Å². The molecule has 6 nitrogen and oxygen atoms in total. The van der Waals surface area contributed by atoms with Gasteiger partial charge < -0.3 is 19.9 Å². The minimum absolute atomic E-state index is 0.0744. The van der Waals surface area contributed by atoms with E-state index in [1.807, 2.05) is 20.8 Å². The van der Waals surface area contributed by atoms with Crippen LogP contribution in [0.1, 0.15) is 32.3 Å². The Hall–Kier alpha value is -2.08. The lowest BCUT2D eigenvalue weighted by atomic mass is 10.2. The number of hydrogen-bond acceptors (Lipinski definition) is 4. The van der Waals surface area contributed by atoms with Crippen LogP contribution in [0.5, 0.6) is 5.75 Å². The number of carboxylic acid groups (broad SMARTS) is 1. The van der Waals surface area contributed by atoms with Gasteiger partial charge in [-0.2, -0.15) is 0 Å². The molecule has 0 aliphatic rings. The van der Waals surface area contributed by atoms with Crippen molar-refractivity contribution < 1.29 is 24.2 Å². The number of carbonyl (C=O) groups excluding carboxylic acids is 1. The SMILES string of the molecule is Cc1cc(OCC(=O)O)ccc1NC(=O)CCCOC(C)C. The van der Waals surface area contributed by atoms with Gasteiger partial charge in [-0.1, -0.05) is 0 Å². The van der Waals surface area contributed by atoms with Crippen molar-refractivity contribution in [2.24, 2.45) is 0 Å². The van der Waals surface area contributed by atoms with Crippen LogP contribution >= 0.6 is 0 Å². The van der Waals surface area contributed by atoms with E-state index in [0.29, 0.717) is 30.9 Å². The first-order valence-electron chi connectivity index (χ1n) is 7.25. The van der Waals surface area contributed by atoms with Crippen molar-refractivity contribution in [1.82, 2.24) is 0 Å². The Labute approximate surface area is 130 Å². The van der Waals surface area contributed by atoms with Crippen LogP contribution < -0.4 is 10.1 Å². The quantitative estimate of drug-likeness (QED) is 0.685. The molecule has 0 atom stereocenters. The summed E-state index contributed by atoms with van der Waals surface area (Å²) in [5.74, 6) is -0.642. The monoisotopic (exact) mass is 309 g/mol. The van der Waals surface area contributed by atoms with E-state index < -0.39 is 5.97 Å². The highest BCUT2D eigenvalue weighted by Crippen LogP contribution is 2.21. The first-order chi connectivity index (χ1) is 10.4. The summed E-state index contributed by atoms with van der Waals surface area (Å²) in [6.07, 6.45) is 1.23. The number of aryl methyl sites for hydroxylation is 1. The molecule has 0 spiro atoms. The zero-order chi connectivity index (χ0) is 16.5. The summed E-state index contributed by atoms with van der Waals surface area (Å²) in [5, 5.41) is 11.4. The molecule has 6 heteroatoms. The molecular formula is C16H23NO5. The summed E-state index contributed by atoms with van der Waals surface area (Å²) in [4.78, 5) is 22.3. The van der Waals surface area contributed by atoms with Crippen LogP contribution in [0.4, 0.5) is 5.69 Å². The number of hydrogen-bond donors (Lipinski definition) is 2. The second-order valence-corrected chi connectivity index (χ2v) is 5.23. The molecule has 1 amide bonds. The number of aliphatic carboxylic acids is 1. The third kappa shape index (κ3) is 7.08. The Bertz CT molecular complexity index is 513. The Morgan fingerprint density at radius 1 is 1.32 bits per heavy atom. The molecule has 1 rings (SSSR count). The lowest BCUT2D eigenvalue weighted by Crippen LogP contribution is -2.14. The molecular weight excluding hydrogens is 286 g/mol. The third-order valence-electron chi connectivity index (χ3n) is 2.83. The van der Waals surface area contributed by atoms with E-state index >= 15 is 0 Å². The van der Waals surface area contributed by atoms with Crippen LogP contribution in [0.15, 0.2) is 18.2 Å². The predicted octanol–water partition coefficient (Wildman–Crippen LogP) is 2.60. The first-order valence-corrected chi connectivity index (χ1v) is 7.25. The molecule has 0 saturated heterocycles. The van der Waals surface area contributed by atoms with Gasteiger partial charge in [0.15, 0.2) is 6.61 Å². The van der Waals surface area contributed by atoms with Gasteiger partial charge in [0.05, 0.1) is 6.10 Å². The molecule has 122 valence electrons. The maximum atomic E-state index is 11.8. The van der Waals surface area contributed by atoms with E-state index in [4.69, 9.17) is 14.6 Å². The summed E-state index contributed by atoms with van der Waals surface area (Å²) in [5.41, 5.74) is 1.51. The van der Waals surface area contributed by atoms with Gasteiger partial charge in [0.1, 0.15) is 5.75 Å². The van der Waals surface area contributed by atoms with Crippen LogP contribution in [-0.2, 0) is 14.3 Å². The normalized spacial score (nSPS) is 10.5. The van der Waals surface area contributed by atoms with Crippen molar-refractivity contribution in [3.8, 4) is 5.75 Å². The standard InChI is InChI=1S/C16H23NO5/c1-11(2)21-8-4-5-15(18)17-14-7-6-13(9-12(14)3)22-10-16(19)20/h6-7,9,11H,4-5,8,10H2,1-3H3,(H,17,18)(H,19,20). The number of ether oxygens (including phenoxy) is 2. The van der Waals surface area contributed by atoms with E-state index in [2.05, 4.69) is 5.32 Å². The van der Waals surface area contributed by atoms with Crippen LogP contribution in [0.2, 0.25) is 0 Å². The van der Waals surface area contributed by atoms with Crippen molar-refractivity contribution in [3.05, 3.63) is 23.8 Å². The molecule has 0 bridgehead atoms. The summed E-state index contributed by atoms with van der Waals surface area (Å²) >= 11 is 0. The van der Waals surface area contributed by atoms with Crippen LogP contribution in [0.3, 0.4) is 0 Å². The van der Waals surface area contributed by atoms with Gasteiger partial charge in [-0.05, 0) is 51.0 Å². The van der Waals surface area contributed by atoms with Crippen LogP contribution in [-0.4, -0.2) is 36.3 Å². The topological polar surface area (TPSA) is 84.9 Å². The van der Waals surface area contributed by atoms with Gasteiger partial charge in [0, 0.05) is 18.7 Å². The summed E-state index contributed by atoms with van der Waals surface area (Å²) in [6, 6.07) is 5.03. The number of rotatable bonds is 9. The highest BCUT2D eigenvalue weighted by molar-refractivity contribution is 5.91. The molecule has 0 fully saturated rings. The van der Waals surface area contributed by atoms with Crippen molar-refractivity contribution in [2.45, 2.75) is 39.7 Å². The molecule has 0 heterocycles.